The van der Waals surface area contributed by atoms with Crippen LogP contribution in [0.3, 0.4) is 0 Å². The maximum Gasteiger partial charge on any atom is 0.310 e. The average Bonchev–Trinajstić information content (AvgIpc) is 2.27. The van der Waals surface area contributed by atoms with Crippen LogP contribution in [0.2, 0.25) is 0 Å². The van der Waals surface area contributed by atoms with E-state index in [4.69, 9.17) is 4.74 Å². The standard InChI is InChI=1S/C11H20O2/c1-7-8(11(7,5)6)9(12)13-10(2,3)4/h7-8H,1-6H3. The highest BCUT2D eigenvalue weighted by Crippen LogP contribution is 2.58. The molecule has 1 aliphatic carbocycles. The zero-order valence-corrected chi connectivity index (χ0v) is 9.47. The van der Waals surface area contributed by atoms with E-state index in [2.05, 4.69) is 20.8 Å². The topological polar surface area (TPSA) is 26.3 Å². The van der Waals surface area contributed by atoms with Crippen molar-refractivity contribution in [3.05, 3.63) is 0 Å². The number of hydrogen-bond acceptors (Lipinski definition) is 2. The summed E-state index contributed by atoms with van der Waals surface area (Å²) < 4.78 is 5.33. The van der Waals surface area contributed by atoms with Crippen molar-refractivity contribution in [3.8, 4) is 0 Å². The Balaban J connectivity index is 2.54. The van der Waals surface area contributed by atoms with Gasteiger partial charge in [-0.1, -0.05) is 20.8 Å². The molecule has 1 rings (SSSR count). The summed E-state index contributed by atoms with van der Waals surface area (Å²) in [6.07, 6.45) is 0. The second kappa shape index (κ2) is 2.73. The van der Waals surface area contributed by atoms with Crippen LogP contribution in [-0.4, -0.2) is 11.6 Å². The predicted octanol–water partition coefficient (Wildman–Crippen LogP) is 2.62. The summed E-state index contributed by atoms with van der Waals surface area (Å²) in [5.41, 5.74) is -0.211. The summed E-state index contributed by atoms with van der Waals surface area (Å²) in [5, 5.41) is 0. The summed E-state index contributed by atoms with van der Waals surface area (Å²) in [6, 6.07) is 0. The van der Waals surface area contributed by atoms with Crippen LogP contribution in [-0.2, 0) is 9.53 Å². The molecule has 2 heteroatoms. The molecule has 13 heavy (non-hydrogen) atoms. The van der Waals surface area contributed by atoms with Gasteiger partial charge < -0.3 is 4.74 Å². The van der Waals surface area contributed by atoms with Gasteiger partial charge in [0.25, 0.3) is 0 Å². The van der Waals surface area contributed by atoms with E-state index in [0.29, 0.717) is 5.92 Å². The van der Waals surface area contributed by atoms with Crippen LogP contribution in [0.4, 0.5) is 0 Å². The number of carbonyl (C=O) groups excluding carboxylic acids is 1. The van der Waals surface area contributed by atoms with E-state index >= 15 is 0 Å². The summed E-state index contributed by atoms with van der Waals surface area (Å²) in [6.45, 7) is 12.1. The third-order valence-corrected chi connectivity index (χ3v) is 3.03. The van der Waals surface area contributed by atoms with E-state index in [1.54, 1.807) is 0 Å². The first-order valence-corrected chi connectivity index (χ1v) is 4.89. The molecular weight excluding hydrogens is 164 g/mol. The number of carbonyl (C=O) groups is 1. The average molecular weight is 184 g/mol. The van der Waals surface area contributed by atoms with Gasteiger partial charge in [-0.05, 0) is 32.1 Å². The van der Waals surface area contributed by atoms with Crippen molar-refractivity contribution in [2.45, 2.75) is 47.1 Å². The van der Waals surface area contributed by atoms with Crippen LogP contribution < -0.4 is 0 Å². The molecular formula is C11H20O2. The van der Waals surface area contributed by atoms with Gasteiger partial charge in [0, 0.05) is 0 Å². The zero-order valence-electron chi connectivity index (χ0n) is 9.47. The fourth-order valence-electron chi connectivity index (χ4n) is 1.77. The van der Waals surface area contributed by atoms with E-state index in [1.165, 1.54) is 0 Å². The lowest BCUT2D eigenvalue weighted by Gasteiger charge is -2.19. The summed E-state index contributed by atoms with van der Waals surface area (Å²) in [7, 11) is 0. The lowest BCUT2D eigenvalue weighted by molar-refractivity contribution is -0.157. The third kappa shape index (κ3) is 2.04. The van der Waals surface area contributed by atoms with Crippen molar-refractivity contribution in [1.82, 2.24) is 0 Å². The van der Waals surface area contributed by atoms with Crippen LogP contribution in [0.1, 0.15) is 41.5 Å². The SMILES string of the molecule is CC1C(C(=O)OC(C)(C)C)C1(C)C. The maximum atomic E-state index is 11.6. The molecule has 0 aromatic rings. The Morgan fingerprint density at radius 2 is 1.69 bits per heavy atom. The lowest BCUT2D eigenvalue weighted by atomic mass is 10.1. The Hall–Kier alpha value is -0.530. The minimum absolute atomic E-state index is 0.0370. The van der Waals surface area contributed by atoms with Crippen LogP contribution in [0.25, 0.3) is 0 Å². The summed E-state index contributed by atoms with van der Waals surface area (Å²) in [4.78, 5) is 11.6. The molecule has 0 aromatic carbocycles. The van der Waals surface area contributed by atoms with E-state index in [1.807, 2.05) is 20.8 Å². The predicted molar refractivity (Wildman–Crippen MR) is 52.3 cm³/mol. The van der Waals surface area contributed by atoms with Crippen LogP contribution in [0, 0.1) is 17.3 Å². The lowest BCUT2D eigenvalue weighted by Crippen LogP contribution is -2.26. The molecule has 0 heterocycles. The Morgan fingerprint density at radius 3 is 1.92 bits per heavy atom. The molecule has 0 aromatic heterocycles. The molecule has 0 N–H and O–H groups in total. The van der Waals surface area contributed by atoms with Crippen molar-refractivity contribution in [3.63, 3.8) is 0 Å². The molecule has 0 aliphatic heterocycles. The molecule has 0 saturated heterocycles. The Morgan fingerprint density at radius 1 is 1.31 bits per heavy atom. The quantitative estimate of drug-likeness (QED) is 0.585. The van der Waals surface area contributed by atoms with E-state index in [-0.39, 0.29) is 22.9 Å². The van der Waals surface area contributed by atoms with Crippen LogP contribution >= 0.6 is 0 Å². The fourth-order valence-corrected chi connectivity index (χ4v) is 1.77. The van der Waals surface area contributed by atoms with E-state index < -0.39 is 0 Å². The van der Waals surface area contributed by atoms with Gasteiger partial charge >= 0.3 is 5.97 Å². The van der Waals surface area contributed by atoms with E-state index in [0.717, 1.165) is 0 Å². The first-order chi connectivity index (χ1) is 5.66. The van der Waals surface area contributed by atoms with Gasteiger partial charge in [-0.2, -0.15) is 0 Å². The molecule has 1 fully saturated rings. The number of ether oxygens (including phenoxy) is 1. The van der Waals surface area contributed by atoms with Gasteiger partial charge in [0.05, 0.1) is 5.92 Å². The summed E-state index contributed by atoms with van der Waals surface area (Å²) >= 11 is 0. The second-order valence-electron chi connectivity index (χ2n) is 5.62. The van der Waals surface area contributed by atoms with Crippen molar-refractivity contribution in [1.29, 1.82) is 0 Å². The van der Waals surface area contributed by atoms with Crippen molar-refractivity contribution in [2.75, 3.05) is 0 Å². The summed E-state index contributed by atoms with van der Waals surface area (Å²) in [5.74, 6) is 0.527. The van der Waals surface area contributed by atoms with Crippen molar-refractivity contribution in [2.24, 2.45) is 17.3 Å². The van der Waals surface area contributed by atoms with Crippen molar-refractivity contribution >= 4 is 5.97 Å². The van der Waals surface area contributed by atoms with E-state index in [9.17, 15) is 4.79 Å². The first kappa shape index (κ1) is 10.6. The second-order valence-corrected chi connectivity index (χ2v) is 5.62. The molecule has 0 amide bonds. The molecule has 1 aliphatic rings. The number of esters is 1. The van der Waals surface area contributed by atoms with Crippen LogP contribution in [0.15, 0.2) is 0 Å². The molecule has 0 radical (unpaired) electrons. The molecule has 2 nitrogen and oxygen atoms in total. The third-order valence-electron chi connectivity index (χ3n) is 3.03. The van der Waals surface area contributed by atoms with Gasteiger partial charge in [0.1, 0.15) is 5.60 Å². The monoisotopic (exact) mass is 184 g/mol. The normalized spacial score (nSPS) is 31.2. The van der Waals surface area contributed by atoms with Gasteiger partial charge in [-0.3, -0.25) is 4.79 Å². The Bertz CT molecular complexity index is 223. The number of hydrogen-bond donors (Lipinski definition) is 0. The molecule has 2 unspecified atom stereocenters. The smallest absolute Gasteiger partial charge is 0.310 e. The Labute approximate surface area is 80.7 Å². The molecule has 76 valence electrons. The van der Waals surface area contributed by atoms with Crippen LogP contribution in [0.5, 0.6) is 0 Å². The Kier molecular flexibility index (Phi) is 2.21. The largest absolute Gasteiger partial charge is 0.460 e. The molecule has 1 saturated carbocycles. The maximum absolute atomic E-state index is 11.6. The van der Waals surface area contributed by atoms with Gasteiger partial charge in [-0.15, -0.1) is 0 Å². The minimum Gasteiger partial charge on any atom is -0.460 e. The molecule has 2 atom stereocenters. The molecule has 0 spiro atoms. The fraction of sp³-hybridized carbons (Fsp3) is 0.909. The highest BCUT2D eigenvalue weighted by atomic mass is 16.6. The van der Waals surface area contributed by atoms with Crippen molar-refractivity contribution < 1.29 is 9.53 Å². The van der Waals surface area contributed by atoms with Gasteiger partial charge in [0.15, 0.2) is 0 Å². The van der Waals surface area contributed by atoms with Gasteiger partial charge in [-0.25, -0.2) is 0 Å². The highest BCUT2D eigenvalue weighted by Gasteiger charge is 2.60. The molecule has 0 bridgehead atoms. The van der Waals surface area contributed by atoms with Gasteiger partial charge in [0.2, 0.25) is 0 Å². The minimum atomic E-state index is -0.352. The highest BCUT2D eigenvalue weighted by molar-refractivity contribution is 5.77. The zero-order chi connectivity index (χ0) is 10.4. The first-order valence-electron chi connectivity index (χ1n) is 4.89. The number of rotatable bonds is 1.